The maximum atomic E-state index is 13.0. The summed E-state index contributed by atoms with van der Waals surface area (Å²) in [6.45, 7) is 2.49. The van der Waals surface area contributed by atoms with Gasteiger partial charge in [0.25, 0.3) is 5.91 Å². The first-order chi connectivity index (χ1) is 16.1. The molecule has 8 nitrogen and oxygen atoms in total. The van der Waals surface area contributed by atoms with Gasteiger partial charge in [0.15, 0.2) is 5.76 Å². The summed E-state index contributed by atoms with van der Waals surface area (Å²) in [5, 5.41) is 7.15. The molecule has 0 bridgehead atoms. The number of halogens is 1. The van der Waals surface area contributed by atoms with Crippen LogP contribution in [0.5, 0.6) is 0 Å². The quantitative estimate of drug-likeness (QED) is 0.566. The zero-order chi connectivity index (χ0) is 22.8. The largest absolute Gasteiger partial charge is 0.370 e. The maximum absolute atomic E-state index is 13.0. The molecule has 2 fully saturated rings. The Labute approximate surface area is 200 Å². The number of benzene rings is 1. The summed E-state index contributed by atoms with van der Waals surface area (Å²) in [6, 6.07) is 12.8. The molecule has 2 saturated heterocycles. The minimum absolute atomic E-state index is 0.0486. The van der Waals surface area contributed by atoms with Crippen molar-refractivity contribution in [2.24, 2.45) is 0 Å². The molecule has 5 rings (SSSR count). The van der Waals surface area contributed by atoms with E-state index in [1.165, 1.54) is 11.3 Å². The van der Waals surface area contributed by atoms with Crippen LogP contribution in [-0.4, -0.2) is 54.2 Å². The monoisotopic (exact) mass is 486 g/mol. The van der Waals surface area contributed by atoms with Crippen molar-refractivity contribution in [1.82, 2.24) is 10.1 Å². The molecule has 1 aromatic carbocycles. The molecule has 0 saturated carbocycles. The van der Waals surface area contributed by atoms with Crippen molar-refractivity contribution in [2.75, 3.05) is 36.5 Å². The second kappa shape index (κ2) is 9.64. The lowest BCUT2D eigenvalue weighted by Crippen LogP contribution is -2.41. The van der Waals surface area contributed by atoms with Crippen LogP contribution in [0.2, 0.25) is 4.34 Å². The van der Waals surface area contributed by atoms with E-state index >= 15 is 0 Å². The van der Waals surface area contributed by atoms with E-state index in [0.717, 1.165) is 35.6 Å². The summed E-state index contributed by atoms with van der Waals surface area (Å²) in [4.78, 5) is 29.8. The number of morpholine rings is 1. The van der Waals surface area contributed by atoms with E-state index in [4.69, 9.17) is 20.9 Å². The van der Waals surface area contributed by atoms with Gasteiger partial charge in [0.1, 0.15) is 12.3 Å². The summed E-state index contributed by atoms with van der Waals surface area (Å²) in [5.74, 6) is 0.610. The molecule has 0 radical (unpaired) electrons. The molecule has 10 heteroatoms. The van der Waals surface area contributed by atoms with Gasteiger partial charge in [0, 0.05) is 24.0 Å². The highest BCUT2D eigenvalue weighted by Gasteiger charge is 2.31. The average Bonchev–Trinajstić information content (AvgIpc) is 3.56. The Morgan fingerprint density at radius 3 is 2.82 bits per heavy atom. The van der Waals surface area contributed by atoms with Gasteiger partial charge in [-0.3, -0.25) is 14.5 Å². The molecule has 2 aliphatic heterocycles. The Kier molecular flexibility index (Phi) is 6.45. The van der Waals surface area contributed by atoms with Gasteiger partial charge in [0.2, 0.25) is 5.91 Å². The minimum Gasteiger partial charge on any atom is -0.370 e. The standard InChI is InChI=1S/C23H23ClN4O4S/c24-21-8-7-20(33-21)18-12-17(32-26-18)13-27-9-1-2-19(27)23(30)25-15-3-5-16(6-4-15)28-10-11-31-14-22(28)29/h3-8,12,19H,1-2,9-11,13-14H2,(H,25,30). The van der Waals surface area contributed by atoms with Crippen LogP contribution < -0.4 is 10.2 Å². The molecule has 1 unspecified atom stereocenters. The number of nitrogens with zero attached hydrogens (tertiary/aromatic N) is 3. The smallest absolute Gasteiger partial charge is 0.253 e. The highest BCUT2D eigenvalue weighted by atomic mass is 35.5. The molecule has 0 spiro atoms. The van der Waals surface area contributed by atoms with E-state index in [-0.39, 0.29) is 24.5 Å². The lowest BCUT2D eigenvalue weighted by atomic mass is 10.2. The summed E-state index contributed by atoms with van der Waals surface area (Å²) in [5.41, 5.74) is 2.26. The zero-order valence-electron chi connectivity index (χ0n) is 17.8. The number of aromatic nitrogens is 1. The Hall–Kier alpha value is -2.72. The van der Waals surface area contributed by atoms with E-state index in [2.05, 4.69) is 15.4 Å². The number of hydrogen-bond acceptors (Lipinski definition) is 7. The molecule has 1 N–H and O–H groups in total. The van der Waals surface area contributed by atoms with Crippen molar-refractivity contribution in [3.63, 3.8) is 0 Å². The molecule has 2 aromatic heterocycles. The third-order valence-corrected chi connectivity index (χ3v) is 7.10. The second-order valence-electron chi connectivity index (χ2n) is 8.04. The molecule has 33 heavy (non-hydrogen) atoms. The van der Waals surface area contributed by atoms with Crippen LogP contribution >= 0.6 is 22.9 Å². The fraction of sp³-hybridized carbons (Fsp3) is 0.348. The van der Waals surface area contributed by atoms with Gasteiger partial charge in [-0.05, 0) is 55.8 Å². The number of rotatable bonds is 6. The lowest BCUT2D eigenvalue weighted by Gasteiger charge is -2.27. The minimum atomic E-state index is -0.241. The molecule has 3 aromatic rings. The number of thiophene rings is 1. The average molecular weight is 487 g/mol. The fourth-order valence-corrected chi connectivity index (χ4v) is 5.20. The topological polar surface area (TPSA) is 87.9 Å². The first-order valence-electron chi connectivity index (χ1n) is 10.8. The highest BCUT2D eigenvalue weighted by Crippen LogP contribution is 2.31. The Morgan fingerprint density at radius 2 is 2.06 bits per heavy atom. The van der Waals surface area contributed by atoms with E-state index in [1.54, 1.807) is 4.90 Å². The van der Waals surface area contributed by atoms with Crippen LogP contribution in [0.15, 0.2) is 47.0 Å². The molecule has 1 atom stereocenters. The second-order valence-corrected chi connectivity index (χ2v) is 9.76. The number of ether oxygens (including phenoxy) is 1. The summed E-state index contributed by atoms with van der Waals surface area (Å²) < 4.78 is 11.4. The fourth-order valence-electron chi connectivity index (χ4n) is 4.21. The number of carbonyl (C=O) groups excluding carboxylic acids is 2. The molecular formula is C23H23ClN4O4S. The van der Waals surface area contributed by atoms with Crippen LogP contribution in [0.1, 0.15) is 18.6 Å². The molecule has 4 heterocycles. The van der Waals surface area contributed by atoms with Crippen molar-refractivity contribution in [1.29, 1.82) is 0 Å². The van der Waals surface area contributed by atoms with Crippen molar-refractivity contribution in [2.45, 2.75) is 25.4 Å². The predicted octanol–water partition coefficient (Wildman–Crippen LogP) is 4.02. The van der Waals surface area contributed by atoms with Crippen molar-refractivity contribution in [3.05, 3.63) is 52.6 Å². The Morgan fingerprint density at radius 1 is 1.21 bits per heavy atom. The first-order valence-corrected chi connectivity index (χ1v) is 12.0. The van der Waals surface area contributed by atoms with Gasteiger partial charge < -0.3 is 19.5 Å². The van der Waals surface area contributed by atoms with Gasteiger partial charge in [-0.15, -0.1) is 11.3 Å². The molecule has 2 amide bonds. The molecule has 0 aliphatic carbocycles. The van der Waals surface area contributed by atoms with Crippen molar-refractivity contribution in [3.8, 4) is 10.6 Å². The highest BCUT2D eigenvalue weighted by molar-refractivity contribution is 7.19. The number of amides is 2. The van der Waals surface area contributed by atoms with Crippen LogP contribution in [0, 0.1) is 0 Å². The van der Waals surface area contributed by atoms with Crippen LogP contribution in [0.25, 0.3) is 10.6 Å². The number of hydrogen-bond donors (Lipinski definition) is 1. The van der Waals surface area contributed by atoms with E-state index in [0.29, 0.717) is 35.5 Å². The van der Waals surface area contributed by atoms with Crippen LogP contribution in [-0.2, 0) is 20.9 Å². The SMILES string of the molecule is O=C(Nc1ccc(N2CCOCC2=O)cc1)C1CCCN1Cc1cc(-c2ccc(Cl)s2)no1. The van der Waals surface area contributed by atoms with Gasteiger partial charge in [-0.1, -0.05) is 16.8 Å². The number of nitrogens with one attached hydrogen (secondary N) is 1. The zero-order valence-corrected chi connectivity index (χ0v) is 19.4. The first kappa shape index (κ1) is 22.1. The molecule has 172 valence electrons. The van der Waals surface area contributed by atoms with Gasteiger partial charge in [0.05, 0.1) is 28.4 Å². The molecular weight excluding hydrogens is 464 g/mol. The summed E-state index contributed by atoms with van der Waals surface area (Å²) in [7, 11) is 0. The number of carbonyl (C=O) groups is 2. The Balaban J connectivity index is 1.20. The Bertz CT molecular complexity index is 1150. The number of likely N-dealkylation sites (tertiary alicyclic amines) is 1. The van der Waals surface area contributed by atoms with Crippen molar-refractivity contribution < 1.29 is 18.8 Å². The number of anilines is 2. The van der Waals surface area contributed by atoms with Gasteiger partial charge in [-0.25, -0.2) is 0 Å². The normalized spacial score (nSPS) is 19.2. The van der Waals surface area contributed by atoms with E-state index < -0.39 is 0 Å². The van der Waals surface area contributed by atoms with E-state index in [1.807, 2.05) is 42.5 Å². The summed E-state index contributed by atoms with van der Waals surface area (Å²) >= 11 is 7.47. The third kappa shape index (κ3) is 4.96. The van der Waals surface area contributed by atoms with Crippen LogP contribution in [0.3, 0.4) is 0 Å². The maximum Gasteiger partial charge on any atom is 0.253 e. The van der Waals surface area contributed by atoms with E-state index in [9.17, 15) is 9.59 Å². The van der Waals surface area contributed by atoms with Gasteiger partial charge in [-0.2, -0.15) is 0 Å². The predicted molar refractivity (Wildman–Crippen MR) is 127 cm³/mol. The van der Waals surface area contributed by atoms with Crippen molar-refractivity contribution >= 4 is 46.1 Å². The summed E-state index contributed by atoms with van der Waals surface area (Å²) in [6.07, 6.45) is 1.73. The third-order valence-electron chi connectivity index (χ3n) is 5.84. The van der Waals surface area contributed by atoms with Gasteiger partial charge >= 0.3 is 0 Å². The molecule has 2 aliphatic rings. The lowest BCUT2D eigenvalue weighted by molar-refractivity contribution is -0.125. The van der Waals surface area contributed by atoms with Crippen LogP contribution in [0.4, 0.5) is 11.4 Å².